The van der Waals surface area contributed by atoms with Gasteiger partial charge < -0.3 is 5.32 Å². The number of piperidine rings is 1. The molecule has 0 unspecified atom stereocenters. The number of nitrogens with zero attached hydrogens (tertiary/aromatic N) is 1. The number of carbonyl (C=O) groups excluding carboxylic acids is 1. The molecule has 1 saturated heterocycles. The van der Waals surface area contributed by atoms with Crippen molar-refractivity contribution in [2.45, 2.75) is 19.3 Å². The van der Waals surface area contributed by atoms with Gasteiger partial charge in [-0.15, -0.1) is 0 Å². The number of nitrogens with one attached hydrogen (secondary N) is 1. The summed E-state index contributed by atoms with van der Waals surface area (Å²) >= 11 is 0. The van der Waals surface area contributed by atoms with Gasteiger partial charge in [0.25, 0.3) is 0 Å². The summed E-state index contributed by atoms with van der Waals surface area (Å²) in [5.41, 5.74) is 1.78. The van der Waals surface area contributed by atoms with E-state index in [1.807, 2.05) is 30.3 Å². The Morgan fingerprint density at radius 3 is 2.38 bits per heavy atom. The molecule has 2 aromatic carbocycles. The Balaban J connectivity index is 1.44. The first-order valence-corrected chi connectivity index (χ1v) is 11.2. The summed E-state index contributed by atoms with van der Waals surface area (Å²) in [6.07, 6.45) is 3.22. The summed E-state index contributed by atoms with van der Waals surface area (Å²) in [6.45, 7) is 1.14. The van der Waals surface area contributed by atoms with Crippen LogP contribution in [0.4, 0.5) is 4.39 Å². The average Bonchev–Trinajstić information content (AvgIpc) is 2.74. The molecule has 3 rings (SSSR count). The van der Waals surface area contributed by atoms with Crippen LogP contribution in [0.1, 0.15) is 24.0 Å². The van der Waals surface area contributed by atoms with Crippen LogP contribution in [0.25, 0.3) is 6.08 Å². The van der Waals surface area contributed by atoms with Crippen LogP contribution in [0.3, 0.4) is 0 Å². The van der Waals surface area contributed by atoms with Crippen LogP contribution in [0.15, 0.2) is 60.0 Å². The second kappa shape index (κ2) is 9.80. The highest BCUT2D eigenvalue weighted by Crippen LogP contribution is 2.21. The summed E-state index contributed by atoms with van der Waals surface area (Å²) in [5, 5.41) is 4.13. The lowest BCUT2D eigenvalue weighted by Gasteiger charge is -2.29. The Hall–Kier alpha value is -2.51. The predicted octanol–water partition coefficient (Wildman–Crippen LogP) is 3.20. The van der Waals surface area contributed by atoms with Crippen LogP contribution < -0.4 is 5.32 Å². The van der Waals surface area contributed by atoms with Gasteiger partial charge in [-0.1, -0.05) is 42.5 Å². The molecule has 0 atom stereocenters. The van der Waals surface area contributed by atoms with Crippen molar-refractivity contribution in [3.05, 3.63) is 76.9 Å². The largest absolute Gasteiger partial charge is 0.356 e. The van der Waals surface area contributed by atoms with Crippen molar-refractivity contribution in [2.24, 2.45) is 5.92 Å². The van der Waals surface area contributed by atoms with Crippen molar-refractivity contribution in [3.63, 3.8) is 0 Å². The maximum Gasteiger partial charge on any atom is 0.236 e. The maximum absolute atomic E-state index is 12.9. The van der Waals surface area contributed by atoms with E-state index in [9.17, 15) is 17.6 Å². The zero-order chi connectivity index (χ0) is 20.7. The van der Waals surface area contributed by atoms with Crippen molar-refractivity contribution in [2.75, 3.05) is 19.6 Å². The van der Waals surface area contributed by atoms with Crippen LogP contribution in [0, 0.1) is 11.7 Å². The molecule has 5 nitrogen and oxygen atoms in total. The van der Waals surface area contributed by atoms with E-state index in [0.717, 1.165) is 11.1 Å². The van der Waals surface area contributed by atoms with Gasteiger partial charge in [0.05, 0.1) is 0 Å². The lowest BCUT2D eigenvalue weighted by Crippen LogP contribution is -2.42. The Bertz CT molecular complexity index is 936. The first-order chi connectivity index (χ1) is 13.9. The number of rotatable bonds is 7. The van der Waals surface area contributed by atoms with Crippen molar-refractivity contribution >= 4 is 22.0 Å². The molecule has 0 spiro atoms. The minimum Gasteiger partial charge on any atom is -0.356 e. The minimum absolute atomic E-state index is 0.0519. The third-order valence-corrected chi connectivity index (χ3v) is 6.61. The molecular formula is C22H25FN2O3S. The Morgan fingerprint density at radius 2 is 1.72 bits per heavy atom. The summed E-state index contributed by atoms with van der Waals surface area (Å²) in [5.74, 6) is -0.519. The molecule has 0 saturated carbocycles. The molecule has 2 aromatic rings. The van der Waals surface area contributed by atoms with Gasteiger partial charge in [0.1, 0.15) is 5.82 Å². The molecule has 29 heavy (non-hydrogen) atoms. The van der Waals surface area contributed by atoms with E-state index in [-0.39, 0.29) is 17.6 Å². The second-order valence-electron chi connectivity index (χ2n) is 7.10. The van der Waals surface area contributed by atoms with Crippen molar-refractivity contribution in [1.29, 1.82) is 0 Å². The lowest BCUT2D eigenvalue weighted by molar-refractivity contribution is -0.126. The van der Waals surface area contributed by atoms with Crippen LogP contribution in [0.5, 0.6) is 0 Å². The van der Waals surface area contributed by atoms with Crippen molar-refractivity contribution in [1.82, 2.24) is 9.62 Å². The number of carbonyl (C=O) groups is 1. The molecule has 0 aromatic heterocycles. The Morgan fingerprint density at radius 1 is 1.07 bits per heavy atom. The highest BCUT2D eigenvalue weighted by atomic mass is 32.2. The van der Waals surface area contributed by atoms with Gasteiger partial charge in [-0.2, -0.15) is 4.31 Å². The maximum atomic E-state index is 12.9. The third-order valence-electron chi connectivity index (χ3n) is 5.04. The smallest absolute Gasteiger partial charge is 0.236 e. The molecule has 7 heteroatoms. The molecule has 1 aliphatic rings. The number of hydrogen-bond donors (Lipinski definition) is 1. The van der Waals surface area contributed by atoms with Gasteiger partial charge in [-0.25, -0.2) is 12.8 Å². The molecule has 0 aliphatic carbocycles. The van der Waals surface area contributed by atoms with E-state index < -0.39 is 10.0 Å². The molecule has 1 amide bonds. The van der Waals surface area contributed by atoms with E-state index in [1.54, 1.807) is 18.2 Å². The zero-order valence-electron chi connectivity index (χ0n) is 16.1. The normalized spacial score (nSPS) is 16.2. The molecule has 1 aliphatic heterocycles. The molecule has 1 heterocycles. The monoisotopic (exact) mass is 416 g/mol. The number of amides is 1. The fraction of sp³-hybridized carbons (Fsp3) is 0.318. The Labute approximate surface area is 171 Å². The third kappa shape index (κ3) is 6.24. The highest BCUT2D eigenvalue weighted by molar-refractivity contribution is 7.92. The van der Waals surface area contributed by atoms with E-state index in [4.69, 9.17) is 0 Å². The number of sulfonamides is 1. The van der Waals surface area contributed by atoms with Crippen LogP contribution in [-0.4, -0.2) is 38.3 Å². The fourth-order valence-electron chi connectivity index (χ4n) is 3.31. The predicted molar refractivity (Wildman–Crippen MR) is 112 cm³/mol. The van der Waals surface area contributed by atoms with E-state index in [0.29, 0.717) is 38.9 Å². The molecule has 1 N–H and O–H groups in total. The summed E-state index contributed by atoms with van der Waals surface area (Å²) < 4.78 is 39.3. The highest BCUT2D eigenvalue weighted by Gasteiger charge is 2.29. The van der Waals surface area contributed by atoms with Gasteiger partial charge in [-0.3, -0.25) is 4.79 Å². The quantitative estimate of drug-likeness (QED) is 0.754. The first-order valence-electron chi connectivity index (χ1n) is 9.69. The first kappa shape index (κ1) is 21.2. The van der Waals surface area contributed by atoms with Crippen LogP contribution in [-0.2, 0) is 21.2 Å². The van der Waals surface area contributed by atoms with Gasteiger partial charge >= 0.3 is 0 Å². The molecular weight excluding hydrogens is 391 g/mol. The van der Waals surface area contributed by atoms with Gasteiger partial charge in [0.15, 0.2) is 0 Å². The molecule has 0 bridgehead atoms. The zero-order valence-corrected chi connectivity index (χ0v) is 16.9. The molecule has 154 valence electrons. The SMILES string of the molecule is O=C(NCCc1ccc(F)cc1)C1CCN(S(=O)(=O)C=Cc2ccccc2)CC1. The van der Waals surface area contributed by atoms with E-state index >= 15 is 0 Å². The minimum atomic E-state index is -3.50. The molecule has 0 radical (unpaired) electrons. The standard InChI is InChI=1S/C22H25FN2O3S/c23-21-8-6-19(7-9-21)10-14-24-22(26)20-11-15-25(16-12-20)29(27,28)17-13-18-4-2-1-3-5-18/h1-9,13,17,20H,10-12,14-16H2,(H,24,26). The van der Waals surface area contributed by atoms with Gasteiger partial charge in [0, 0.05) is 31.0 Å². The summed E-state index contributed by atoms with van der Waals surface area (Å²) in [7, 11) is -3.50. The Kier molecular flexibility index (Phi) is 7.17. The summed E-state index contributed by atoms with van der Waals surface area (Å²) in [6, 6.07) is 15.5. The van der Waals surface area contributed by atoms with Gasteiger partial charge in [-0.05, 0) is 48.6 Å². The second-order valence-corrected chi connectivity index (χ2v) is 8.92. The lowest BCUT2D eigenvalue weighted by atomic mass is 9.97. The average molecular weight is 417 g/mol. The number of hydrogen-bond acceptors (Lipinski definition) is 3. The van der Waals surface area contributed by atoms with Crippen LogP contribution >= 0.6 is 0 Å². The van der Waals surface area contributed by atoms with E-state index in [2.05, 4.69) is 5.32 Å². The fourth-order valence-corrected chi connectivity index (χ4v) is 4.53. The van der Waals surface area contributed by atoms with E-state index in [1.165, 1.54) is 21.8 Å². The number of halogens is 1. The number of benzene rings is 2. The van der Waals surface area contributed by atoms with Crippen molar-refractivity contribution < 1.29 is 17.6 Å². The van der Waals surface area contributed by atoms with Crippen molar-refractivity contribution in [3.8, 4) is 0 Å². The topological polar surface area (TPSA) is 66.5 Å². The molecule has 1 fully saturated rings. The summed E-state index contributed by atoms with van der Waals surface area (Å²) in [4.78, 5) is 12.4. The van der Waals surface area contributed by atoms with Gasteiger partial charge in [0.2, 0.25) is 15.9 Å². The van der Waals surface area contributed by atoms with Crippen LogP contribution in [0.2, 0.25) is 0 Å².